The van der Waals surface area contributed by atoms with E-state index in [1.807, 2.05) is 5.43 Å². The van der Waals surface area contributed by atoms with Crippen molar-refractivity contribution in [1.82, 2.24) is 20.7 Å². The van der Waals surface area contributed by atoms with Crippen molar-refractivity contribution in [3.05, 3.63) is 65.7 Å². The van der Waals surface area contributed by atoms with Gasteiger partial charge in [0, 0.05) is 11.1 Å². The Morgan fingerprint density at radius 2 is 1.69 bits per heavy atom. The van der Waals surface area contributed by atoms with E-state index in [1.54, 1.807) is 18.2 Å². The summed E-state index contributed by atoms with van der Waals surface area (Å²) in [4.78, 5) is 15.4. The van der Waals surface area contributed by atoms with Crippen LogP contribution >= 0.6 is 0 Å². The second kappa shape index (κ2) is 8.24. The molecule has 0 bridgehead atoms. The smallest absolute Gasteiger partial charge is 0.378 e. The molecule has 4 aromatic rings. The molecule has 2 aromatic heterocycles. The number of aliphatic hydroxyl groups excluding tert-OH is 1. The average Bonchev–Trinajstić information content (AvgIpc) is 3.46. The number of nitrogens with two attached hydrogens (primary N) is 1. The molecule has 1 amide bonds. The molecular formula is C20H14F3N5O4. The minimum absolute atomic E-state index is 0.0323. The van der Waals surface area contributed by atoms with Crippen LogP contribution in [0.4, 0.5) is 13.2 Å². The van der Waals surface area contributed by atoms with E-state index < -0.39 is 41.1 Å². The van der Waals surface area contributed by atoms with Crippen LogP contribution in [0.15, 0.2) is 63.6 Å². The second-order valence-electron chi connectivity index (χ2n) is 6.56. The highest BCUT2D eigenvalue weighted by Crippen LogP contribution is 2.43. The molecule has 1 unspecified atom stereocenters. The topological polar surface area (TPSA) is 140 Å². The standard InChI is InChI=1S/C20H14F3N5O4/c21-20(22,23)13-14(10-4-2-1-3-5-10)27-31-16(13)19-25-17(28-32-19)12-8-6-11(7-9-12)15(29)18(30)26-24/h1-9,15,29H,24H2,(H,26,30). The number of amides is 1. The summed E-state index contributed by atoms with van der Waals surface area (Å²) in [5.41, 5.74) is 1.11. The summed E-state index contributed by atoms with van der Waals surface area (Å²) in [7, 11) is 0. The van der Waals surface area contributed by atoms with Gasteiger partial charge in [0.05, 0.1) is 0 Å². The zero-order chi connectivity index (χ0) is 22.9. The van der Waals surface area contributed by atoms with E-state index in [1.165, 1.54) is 36.4 Å². The van der Waals surface area contributed by atoms with Gasteiger partial charge in [0.25, 0.3) is 11.8 Å². The van der Waals surface area contributed by atoms with Gasteiger partial charge >= 0.3 is 6.18 Å². The van der Waals surface area contributed by atoms with E-state index in [-0.39, 0.29) is 17.0 Å². The van der Waals surface area contributed by atoms with Crippen molar-refractivity contribution in [1.29, 1.82) is 0 Å². The molecule has 0 spiro atoms. The first-order valence-corrected chi connectivity index (χ1v) is 9.05. The SMILES string of the molecule is NNC(=O)C(O)c1ccc(-c2noc(-c3onc(-c4ccccc4)c3C(F)(F)F)n2)cc1. The lowest BCUT2D eigenvalue weighted by atomic mass is 10.1. The van der Waals surface area contributed by atoms with Crippen LogP contribution in [0.3, 0.4) is 0 Å². The summed E-state index contributed by atoms with van der Waals surface area (Å²) in [5, 5.41) is 17.1. The lowest BCUT2D eigenvalue weighted by Crippen LogP contribution is -2.34. The van der Waals surface area contributed by atoms with E-state index in [2.05, 4.69) is 15.3 Å². The Kier molecular flexibility index (Phi) is 5.47. The van der Waals surface area contributed by atoms with Gasteiger partial charge < -0.3 is 14.2 Å². The van der Waals surface area contributed by atoms with E-state index in [9.17, 15) is 23.1 Å². The highest BCUT2D eigenvalue weighted by Gasteiger charge is 2.42. The van der Waals surface area contributed by atoms with Gasteiger partial charge in [0.1, 0.15) is 11.3 Å². The summed E-state index contributed by atoms with van der Waals surface area (Å²) in [5.74, 6) is 2.93. The third kappa shape index (κ3) is 3.96. The first-order chi connectivity index (χ1) is 15.3. The second-order valence-corrected chi connectivity index (χ2v) is 6.56. The predicted molar refractivity (Wildman–Crippen MR) is 103 cm³/mol. The Labute approximate surface area is 177 Å². The monoisotopic (exact) mass is 445 g/mol. The van der Waals surface area contributed by atoms with Crippen LogP contribution < -0.4 is 11.3 Å². The maximum Gasteiger partial charge on any atom is 0.422 e. The van der Waals surface area contributed by atoms with Crippen LogP contribution in [0.5, 0.6) is 0 Å². The normalized spacial score (nSPS) is 12.5. The van der Waals surface area contributed by atoms with Crippen molar-refractivity contribution >= 4 is 5.91 Å². The Bertz CT molecular complexity index is 1240. The van der Waals surface area contributed by atoms with Gasteiger partial charge in [-0.2, -0.15) is 18.2 Å². The van der Waals surface area contributed by atoms with Crippen molar-refractivity contribution in [2.45, 2.75) is 12.3 Å². The van der Waals surface area contributed by atoms with Crippen LogP contribution in [0.2, 0.25) is 0 Å². The van der Waals surface area contributed by atoms with E-state index in [0.29, 0.717) is 5.56 Å². The van der Waals surface area contributed by atoms with E-state index >= 15 is 0 Å². The summed E-state index contributed by atoms with van der Waals surface area (Å²) < 4.78 is 51.4. The largest absolute Gasteiger partial charge is 0.422 e. The van der Waals surface area contributed by atoms with E-state index in [4.69, 9.17) is 14.9 Å². The lowest BCUT2D eigenvalue weighted by Gasteiger charge is -2.08. The quantitative estimate of drug-likeness (QED) is 0.242. The van der Waals surface area contributed by atoms with Crippen molar-refractivity contribution in [3.8, 4) is 34.3 Å². The number of halogens is 3. The number of alkyl halides is 3. The van der Waals surface area contributed by atoms with Gasteiger partial charge in [0.2, 0.25) is 11.6 Å². The number of aromatic nitrogens is 3. The Balaban J connectivity index is 1.69. The van der Waals surface area contributed by atoms with Gasteiger partial charge in [-0.05, 0) is 5.56 Å². The Morgan fingerprint density at radius 3 is 2.31 bits per heavy atom. The first-order valence-electron chi connectivity index (χ1n) is 9.05. The molecule has 0 aliphatic heterocycles. The van der Waals surface area contributed by atoms with Gasteiger partial charge in [-0.1, -0.05) is 64.9 Å². The minimum Gasteiger partial charge on any atom is -0.378 e. The molecule has 0 saturated heterocycles. The molecule has 4 rings (SSSR count). The van der Waals surface area contributed by atoms with Crippen LogP contribution in [-0.2, 0) is 11.0 Å². The fourth-order valence-electron chi connectivity index (χ4n) is 2.97. The molecule has 4 N–H and O–H groups in total. The molecule has 0 fully saturated rings. The number of hydrazine groups is 1. The van der Waals surface area contributed by atoms with Crippen molar-refractivity contribution in [2.75, 3.05) is 0 Å². The molecule has 2 aromatic carbocycles. The molecule has 1 atom stereocenters. The Hall–Kier alpha value is -4.03. The van der Waals surface area contributed by atoms with Crippen molar-refractivity contribution in [3.63, 3.8) is 0 Å². The first kappa shape index (κ1) is 21.2. The zero-order valence-electron chi connectivity index (χ0n) is 16.0. The summed E-state index contributed by atoms with van der Waals surface area (Å²) in [6.07, 6.45) is -6.29. The maximum absolute atomic E-state index is 13.8. The number of hydrogen-bond donors (Lipinski definition) is 3. The van der Waals surface area contributed by atoms with Gasteiger partial charge in [-0.15, -0.1) is 0 Å². The lowest BCUT2D eigenvalue weighted by molar-refractivity contribution is -0.137. The third-order valence-electron chi connectivity index (χ3n) is 4.52. The average molecular weight is 445 g/mol. The highest BCUT2D eigenvalue weighted by molar-refractivity contribution is 5.81. The fourth-order valence-corrected chi connectivity index (χ4v) is 2.97. The maximum atomic E-state index is 13.8. The predicted octanol–water partition coefficient (Wildman–Crippen LogP) is 3.10. The summed E-state index contributed by atoms with van der Waals surface area (Å²) in [6.45, 7) is 0. The molecule has 9 nitrogen and oxygen atoms in total. The van der Waals surface area contributed by atoms with Crippen molar-refractivity contribution in [2.24, 2.45) is 5.84 Å². The molecule has 0 aliphatic carbocycles. The molecule has 32 heavy (non-hydrogen) atoms. The third-order valence-corrected chi connectivity index (χ3v) is 4.52. The number of rotatable bonds is 5. The van der Waals surface area contributed by atoms with Gasteiger partial charge in [0.15, 0.2) is 6.10 Å². The molecule has 0 aliphatic rings. The number of carbonyl (C=O) groups is 1. The van der Waals surface area contributed by atoms with E-state index in [0.717, 1.165) is 0 Å². The molecule has 164 valence electrons. The summed E-state index contributed by atoms with van der Waals surface area (Å²) >= 11 is 0. The molecule has 0 radical (unpaired) electrons. The number of hydrogen-bond acceptors (Lipinski definition) is 8. The van der Waals surface area contributed by atoms with Crippen LogP contribution in [-0.4, -0.2) is 26.3 Å². The van der Waals surface area contributed by atoms with Crippen LogP contribution in [0, 0.1) is 0 Å². The molecule has 12 heteroatoms. The number of benzene rings is 2. The minimum atomic E-state index is -4.80. The fraction of sp³-hybridized carbons (Fsp3) is 0.100. The van der Waals surface area contributed by atoms with Crippen LogP contribution in [0.1, 0.15) is 17.2 Å². The number of aliphatic hydroxyl groups is 1. The molecular weight excluding hydrogens is 431 g/mol. The zero-order valence-corrected chi connectivity index (χ0v) is 16.0. The highest BCUT2D eigenvalue weighted by atomic mass is 19.4. The van der Waals surface area contributed by atoms with Crippen LogP contribution in [0.25, 0.3) is 34.3 Å². The number of nitrogens with one attached hydrogen (secondary N) is 1. The van der Waals surface area contributed by atoms with Gasteiger partial charge in [-0.3, -0.25) is 10.2 Å². The number of carbonyl (C=O) groups excluding carboxylic acids is 1. The summed E-state index contributed by atoms with van der Waals surface area (Å²) in [6, 6.07) is 13.5. The Morgan fingerprint density at radius 1 is 1.00 bits per heavy atom. The van der Waals surface area contributed by atoms with Crippen molar-refractivity contribution < 1.29 is 32.1 Å². The number of nitrogens with zero attached hydrogens (tertiary/aromatic N) is 3. The molecule has 2 heterocycles. The molecule has 0 saturated carbocycles. The van der Waals surface area contributed by atoms with Gasteiger partial charge in [-0.25, -0.2) is 5.84 Å².